The maximum atomic E-state index is 3.64. The highest BCUT2D eigenvalue weighted by Crippen LogP contribution is 2.48. The number of benzene rings is 3. The molecule has 0 bridgehead atoms. The molecule has 0 radical (unpaired) electrons. The van der Waals surface area contributed by atoms with E-state index >= 15 is 0 Å². The van der Waals surface area contributed by atoms with Gasteiger partial charge in [0.1, 0.15) is 0 Å². The van der Waals surface area contributed by atoms with Crippen LogP contribution in [0.2, 0.25) is 0 Å². The molecule has 4 rings (SSSR count). The average molecular weight is 349 g/mol. The Bertz CT molecular complexity index is 857. The largest absolute Gasteiger partial charge is 0.0619 e. The molecule has 0 saturated heterocycles. The topological polar surface area (TPSA) is 0 Å². The van der Waals surface area contributed by atoms with Crippen LogP contribution in [0.15, 0.2) is 65.1 Å². The van der Waals surface area contributed by atoms with E-state index in [2.05, 4.69) is 90.4 Å². The Kier molecular flexibility index (Phi) is 3.19. The summed E-state index contributed by atoms with van der Waals surface area (Å²) in [5.74, 6) is 0.335. The van der Waals surface area contributed by atoms with Gasteiger partial charge in [-0.3, -0.25) is 0 Å². The van der Waals surface area contributed by atoms with E-state index < -0.39 is 0 Å². The third-order valence-corrected chi connectivity index (χ3v) is 4.96. The van der Waals surface area contributed by atoms with Gasteiger partial charge in [-0.15, -0.1) is 0 Å². The lowest BCUT2D eigenvalue weighted by Crippen LogP contribution is -2.00. The average Bonchev–Trinajstić information content (AvgIpc) is 2.79. The van der Waals surface area contributed by atoms with E-state index in [1.807, 2.05) is 0 Å². The molecule has 0 fully saturated rings. The summed E-state index contributed by atoms with van der Waals surface area (Å²) in [6, 6.07) is 22.3. The van der Waals surface area contributed by atoms with Crippen LogP contribution >= 0.6 is 15.9 Å². The molecule has 0 nitrogen and oxygen atoms in total. The molecule has 3 aromatic carbocycles. The summed E-state index contributed by atoms with van der Waals surface area (Å²) in [5, 5.41) is 0. The molecular formula is C21H17Br. The van der Waals surface area contributed by atoms with Crippen LogP contribution < -0.4 is 0 Å². The SMILES string of the molecule is Cc1cc(C)cc(C2c3ccccc3-c3ccc(Br)cc32)c1. The first-order chi connectivity index (χ1) is 10.6. The predicted molar refractivity (Wildman–Crippen MR) is 96.4 cm³/mol. The summed E-state index contributed by atoms with van der Waals surface area (Å²) in [4.78, 5) is 0. The quantitative estimate of drug-likeness (QED) is 0.382. The fourth-order valence-corrected chi connectivity index (χ4v) is 4.09. The van der Waals surface area contributed by atoms with Gasteiger partial charge in [-0.1, -0.05) is 75.6 Å². The van der Waals surface area contributed by atoms with Gasteiger partial charge in [0.05, 0.1) is 0 Å². The lowest BCUT2D eigenvalue weighted by molar-refractivity contribution is 1.01. The van der Waals surface area contributed by atoms with Crippen molar-refractivity contribution in [2.75, 3.05) is 0 Å². The Morgan fingerprint density at radius 2 is 1.41 bits per heavy atom. The molecule has 1 heteroatoms. The zero-order valence-corrected chi connectivity index (χ0v) is 14.3. The standard InChI is InChI=1S/C21H17Br/c1-13-9-14(2)11-15(10-13)21-19-6-4-3-5-17(19)18-8-7-16(22)12-20(18)21/h3-12,21H,1-2H3. The van der Waals surface area contributed by atoms with Crippen LogP contribution in [0.3, 0.4) is 0 Å². The van der Waals surface area contributed by atoms with Crippen LogP contribution in [0.25, 0.3) is 11.1 Å². The first-order valence-electron chi connectivity index (χ1n) is 7.60. The highest BCUT2D eigenvalue weighted by molar-refractivity contribution is 9.10. The summed E-state index contributed by atoms with van der Waals surface area (Å²) in [5.41, 5.74) is 9.60. The highest BCUT2D eigenvalue weighted by Gasteiger charge is 2.29. The molecule has 0 aliphatic heterocycles. The Hall–Kier alpha value is -1.86. The molecule has 108 valence electrons. The second-order valence-corrected chi connectivity index (χ2v) is 7.09. The minimum Gasteiger partial charge on any atom is -0.0619 e. The third kappa shape index (κ3) is 2.12. The second kappa shape index (κ2) is 5.10. The van der Waals surface area contributed by atoms with Crippen molar-refractivity contribution in [1.29, 1.82) is 0 Å². The van der Waals surface area contributed by atoms with Crippen LogP contribution in [-0.4, -0.2) is 0 Å². The van der Waals surface area contributed by atoms with Crippen LogP contribution in [0, 0.1) is 13.8 Å². The van der Waals surface area contributed by atoms with Crippen molar-refractivity contribution in [2.45, 2.75) is 19.8 Å². The van der Waals surface area contributed by atoms with Crippen LogP contribution in [-0.2, 0) is 0 Å². The number of hydrogen-bond acceptors (Lipinski definition) is 0. The van der Waals surface area contributed by atoms with Gasteiger partial charge in [-0.2, -0.15) is 0 Å². The number of rotatable bonds is 1. The Morgan fingerprint density at radius 1 is 0.727 bits per heavy atom. The Morgan fingerprint density at radius 3 is 2.18 bits per heavy atom. The smallest absolute Gasteiger partial charge is 0.0352 e. The van der Waals surface area contributed by atoms with E-state index in [9.17, 15) is 0 Å². The van der Waals surface area contributed by atoms with Gasteiger partial charge in [0.15, 0.2) is 0 Å². The maximum Gasteiger partial charge on any atom is 0.0352 e. The monoisotopic (exact) mass is 348 g/mol. The molecule has 0 heterocycles. The van der Waals surface area contributed by atoms with E-state index in [0.29, 0.717) is 5.92 Å². The van der Waals surface area contributed by atoms with Gasteiger partial charge < -0.3 is 0 Å². The van der Waals surface area contributed by atoms with Gasteiger partial charge in [-0.05, 0) is 53.8 Å². The molecule has 0 saturated carbocycles. The molecule has 0 N–H and O–H groups in total. The van der Waals surface area contributed by atoms with Gasteiger partial charge in [-0.25, -0.2) is 0 Å². The Labute approximate surface area is 140 Å². The number of aryl methyl sites for hydroxylation is 2. The Balaban J connectivity index is 2.01. The zero-order valence-electron chi connectivity index (χ0n) is 12.7. The number of halogens is 1. The summed E-state index contributed by atoms with van der Waals surface area (Å²) in [7, 11) is 0. The minimum absolute atomic E-state index is 0.335. The lowest BCUT2D eigenvalue weighted by atomic mass is 9.88. The molecule has 22 heavy (non-hydrogen) atoms. The predicted octanol–water partition coefficient (Wildman–Crippen LogP) is 6.23. The fourth-order valence-electron chi connectivity index (χ4n) is 3.71. The van der Waals surface area contributed by atoms with E-state index in [4.69, 9.17) is 0 Å². The van der Waals surface area contributed by atoms with Gasteiger partial charge in [0.25, 0.3) is 0 Å². The molecule has 1 aliphatic carbocycles. The fraction of sp³-hybridized carbons (Fsp3) is 0.143. The lowest BCUT2D eigenvalue weighted by Gasteiger charge is -2.16. The first kappa shape index (κ1) is 13.8. The third-order valence-electron chi connectivity index (χ3n) is 4.46. The molecule has 1 aliphatic rings. The van der Waals surface area contributed by atoms with Gasteiger partial charge >= 0.3 is 0 Å². The van der Waals surface area contributed by atoms with E-state index in [1.165, 1.54) is 38.9 Å². The first-order valence-corrected chi connectivity index (χ1v) is 8.40. The summed E-state index contributed by atoms with van der Waals surface area (Å²) < 4.78 is 1.15. The van der Waals surface area contributed by atoms with Crippen molar-refractivity contribution < 1.29 is 0 Å². The van der Waals surface area contributed by atoms with Crippen molar-refractivity contribution in [3.63, 3.8) is 0 Å². The second-order valence-electron chi connectivity index (χ2n) is 6.17. The molecule has 1 atom stereocenters. The van der Waals surface area contributed by atoms with Gasteiger partial charge in [0.2, 0.25) is 0 Å². The highest BCUT2D eigenvalue weighted by atomic mass is 79.9. The molecule has 0 aromatic heterocycles. The minimum atomic E-state index is 0.335. The van der Waals surface area contributed by atoms with E-state index in [0.717, 1.165) is 4.47 Å². The molecule has 0 spiro atoms. The molecule has 3 aromatic rings. The number of hydrogen-bond donors (Lipinski definition) is 0. The van der Waals surface area contributed by atoms with E-state index in [1.54, 1.807) is 0 Å². The van der Waals surface area contributed by atoms with Crippen LogP contribution in [0.1, 0.15) is 33.7 Å². The molecule has 1 unspecified atom stereocenters. The van der Waals surface area contributed by atoms with Crippen LogP contribution in [0.5, 0.6) is 0 Å². The van der Waals surface area contributed by atoms with Crippen molar-refractivity contribution in [2.24, 2.45) is 0 Å². The van der Waals surface area contributed by atoms with Crippen molar-refractivity contribution in [3.05, 3.63) is 93.0 Å². The normalized spacial score (nSPS) is 15.5. The van der Waals surface area contributed by atoms with E-state index in [-0.39, 0.29) is 0 Å². The summed E-state index contributed by atoms with van der Waals surface area (Å²) >= 11 is 3.64. The van der Waals surface area contributed by atoms with Crippen LogP contribution in [0.4, 0.5) is 0 Å². The van der Waals surface area contributed by atoms with Crippen molar-refractivity contribution in [1.82, 2.24) is 0 Å². The zero-order chi connectivity index (χ0) is 15.3. The summed E-state index contributed by atoms with van der Waals surface area (Å²) in [6.07, 6.45) is 0. The summed E-state index contributed by atoms with van der Waals surface area (Å²) in [6.45, 7) is 4.36. The molecular weight excluding hydrogens is 332 g/mol. The van der Waals surface area contributed by atoms with Crippen molar-refractivity contribution in [3.8, 4) is 11.1 Å². The number of fused-ring (bicyclic) bond motifs is 3. The van der Waals surface area contributed by atoms with Crippen molar-refractivity contribution >= 4 is 15.9 Å². The molecule has 0 amide bonds. The van der Waals surface area contributed by atoms with Gasteiger partial charge in [0, 0.05) is 10.4 Å². The maximum absolute atomic E-state index is 3.64.